The normalized spacial score (nSPS) is 11.3. The van der Waals surface area contributed by atoms with E-state index in [1.165, 1.54) is 44.9 Å². The number of alkyl halides is 1. The van der Waals surface area contributed by atoms with E-state index in [1.54, 1.807) is 0 Å². The third-order valence-electron chi connectivity index (χ3n) is 4.14. The number of carbonyl (C=O) groups excluding carboxylic acids is 1. The van der Waals surface area contributed by atoms with Gasteiger partial charge in [-0.2, -0.15) is 0 Å². The first-order valence-corrected chi connectivity index (χ1v) is 11.6. The standard InChI is InChI=1S/C23H37BrO4/c1-5-6-7-8-9-10-11-12-13-26-20-14-19(17-24)15-21(16-20)27-18-22(25)28-23(2,3)4/h14-16H,5-13,17-18H2,1-4H3. The van der Waals surface area contributed by atoms with Crippen molar-refractivity contribution in [3.05, 3.63) is 23.8 Å². The number of ether oxygens (including phenoxy) is 3. The van der Waals surface area contributed by atoms with Gasteiger partial charge in [0.1, 0.15) is 17.1 Å². The van der Waals surface area contributed by atoms with Crippen LogP contribution < -0.4 is 9.47 Å². The Balaban J connectivity index is 2.37. The molecule has 1 aromatic rings. The fourth-order valence-corrected chi connectivity index (χ4v) is 3.14. The van der Waals surface area contributed by atoms with Gasteiger partial charge in [0, 0.05) is 11.4 Å². The highest BCUT2D eigenvalue weighted by Crippen LogP contribution is 2.25. The quantitative estimate of drug-likeness (QED) is 0.175. The van der Waals surface area contributed by atoms with Crippen LogP contribution in [-0.4, -0.2) is 24.8 Å². The van der Waals surface area contributed by atoms with Crippen molar-refractivity contribution < 1.29 is 19.0 Å². The molecule has 28 heavy (non-hydrogen) atoms. The Morgan fingerprint density at radius 3 is 2.04 bits per heavy atom. The van der Waals surface area contributed by atoms with Crippen molar-refractivity contribution in [2.24, 2.45) is 0 Å². The van der Waals surface area contributed by atoms with E-state index in [2.05, 4.69) is 22.9 Å². The molecular formula is C23H37BrO4. The third-order valence-corrected chi connectivity index (χ3v) is 4.78. The fraction of sp³-hybridized carbons (Fsp3) is 0.696. The number of rotatable bonds is 14. The van der Waals surface area contributed by atoms with Crippen LogP contribution in [0.5, 0.6) is 11.5 Å². The van der Waals surface area contributed by atoms with E-state index < -0.39 is 5.60 Å². The molecule has 1 rings (SSSR count). The van der Waals surface area contributed by atoms with Crippen LogP contribution in [0.25, 0.3) is 0 Å². The molecule has 5 heteroatoms. The lowest BCUT2D eigenvalue weighted by Crippen LogP contribution is -2.27. The Morgan fingerprint density at radius 1 is 0.893 bits per heavy atom. The molecule has 0 unspecified atom stereocenters. The molecule has 4 nitrogen and oxygen atoms in total. The molecule has 160 valence electrons. The number of hydrogen-bond donors (Lipinski definition) is 0. The van der Waals surface area contributed by atoms with Crippen molar-refractivity contribution in [2.75, 3.05) is 13.2 Å². The molecule has 0 amide bonds. The Hall–Kier alpha value is -1.23. The zero-order valence-electron chi connectivity index (χ0n) is 18.0. The van der Waals surface area contributed by atoms with Crippen molar-refractivity contribution in [1.29, 1.82) is 0 Å². The van der Waals surface area contributed by atoms with Gasteiger partial charge in [0.05, 0.1) is 6.61 Å². The third kappa shape index (κ3) is 12.3. The predicted molar refractivity (Wildman–Crippen MR) is 119 cm³/mol. The molecule has 0 saturated heterocycles. The molecule has 0 atom stereocenters. The monoisotopic (exact) mass is 456 g/mol. The van der Waals surface area contributed by atoms with Gasteiger partial charge in [-0.3, -0.25) is 0 Å². The molecule has 0 N–H and O–H groups in total. The smallest absolute Gasteiger partial charge is 0.344 e. The summed E-state index contributed by atoms with van der Waals surface area (Å²) in [5.41, 5.74) is 0.537. The average Bonchev–Trinajstić information content (AvgIpc) is 2.63. The first kappa shape index (κ1) is 24.8. The van der Waals surface area contributed by atoms with Gasteiger partial charge in [0.25, 0.3) is 0 Å². The topological polar surface area (TPSA) is 44.8 Å². The Kier molecular flexibility index (Phi) is 12.3. The van der Waals surface area contributed by atoms with Crippen molar-refractivity contribution in [3.63, 3.8) is 0 Å². The molecule has 0 aliphatic rings. The van der Waals surface area contributed by atoms with Crippen LogP contribution >= 0.6 is 15.9 Å². The second kappa shape index (κ2) is 13.9. The molecule has 0 fully saturated rings. The summed E-state index contributed by atoms with van der Waals surface area (Å²) in [5.74, 6) is 1.02. The molecule has 0 radical (unpaired) electrons. The maximum atomic E-state index is 11.8. The number of halogens is 1. The SMILES string of the molecule is CCCCCCCCCCOc1cc(CBr)cc(OCC(=O)OC(C)(C)C)c1. The zero-order chi connectivity index (χ0) is 20.8. The van der Waals surface area contributed by atoms with Gasteiger partial charge in [-0.25, -0.2) is 4.79 Å². The number of benzene rings is 1. The van der Waals surface area contributed by atoms with Crippen LogP contribution in [0.15, 0.2) is 18.2 Å². The Morgan fingerprint density at radius 2 is 1.46 bits per heavy atom. The van der Waals surface area contributed by atoms with Crippen LogP contribution in [0.3, 0.4) is 0 Å². The van der Waals surface area contributed by atoms with Gasteiger partial charge in [-0.1, -0.05) is 67.8 Å². The summed E-state index contributed by atoms with van der Waals surface area (Å²) in [6, 6.07) is 5.74. The second-order valence-electron chi connectivity index (χ2n) is 8.14. The summed E-state index contributed by atoms with van der Waals surface area (Å²) in [4.78, 5) is 11.8. The lowest BCUT2D eigenvalue weighted by Gasteiger charge is -2.19. The van der Waals surface area contributed by atoms with Crippen molar-refractivity contribution >= 4 is 21.9 Å². The van der Waals surface area contributed by atoms with Crippen LogP contribution in [0.2, 0.25) is 0 Å². The summed E-state index contributed by atoms with van der Waals surface area (Å²) in [5, 5.41) is 0.699. The molecular weight excluding hydrogens is 420 g/mol. The first-order valence-electron chi connectivity index (χ1n) is 10.5. The predicted octanol–water partition coefficient (Wildman–Crippen LogP) is 6.82. The van der Waals surface area contributed by atoms with E-state index >= 15 is 0 Å². The summed E-state index contributed by atoms with van der Waals surface area (Å²) in [6.07, 6.45) is 10.2. The summed E-state index contributed by atoms with van der Waals surface area (Å²) in [7, 11) is 0. The summed E-state index contributed by atoms with van der Waals surface area (Å²) < 4.78 is 16.8. The maximum absolute atomic E-state index is 11.8. The van der Waals surface area contributed by atoms with Gasteiger partial charge in [0.15, 0.2) is 6.61 Å². The molecule has 1 aromatic carbocycles. The van der Waals surface area contributed by atoms with Crippen LogP contribution in [0, 0.1) is 0 Å². The van der Waals surface area contributed by atoms with E-state index in [9.17, 15) is 4.79 Å². The van der Waals surface area contributed by atoms with Crippen LogP contribution in [0.4, 0.5) is 0 Å². The number of esters is 1. The van der Waals surface area contributed by atoms with Crippen LogP contribution in [-0.2, 0) is 14.9 Å². The summed E-state index contributed by atoms with van der Waals surface area (Å²) >= 11 is 3.47. The number of hydrogen-bond acceptors (Lipinski definition) is 4. The highest BCUT2D eigenvalue weighted by atomic mass is 79.9. The van der Waals surface area contributed by atoms with E-state index in [0.717, 1.165) is 17.7 Å². The highest BCUT2D eigenvalue weighted by molar-refractivity contribution is 9.08. The second-order valence-corrected chi connectivity index (χ2v) is 8.71. The van der Waals surface area contributed by atoms with Gasteiger partial charge in [0.2, 0.25) is 0 Å². The Labute approximate surface area is 179 Å². The summed E-state index contributed by atoms with van der Waals surface area (Å²) in [6.45, 7) is 8.36. The van der Waals surface area contributed by atoms with E-state index in [-0.39, 0.29) is 12.6 Å². The number of unbranched alkanes of at least 4 members (excludes halogenated alkanes) is 7. The Bertz CT molecular complexity index is 566. The van der Waals surface area contributed by atoms with Crippen molar-refractivity contribution in [1.82, 2.24) is 0 Å². The zero-order valence-corrected chi connectivity index (χ0v) is 19.6. The minimum absolute atomic E-state index is 0.111. The van der Waals surface area contributed by atoms with E-state index in [0.29, 0.717) is 17.7 Å². The largest absolute Gasteiger partial charge is 0.493 e. The first-order chi connectivity index (χ1) is 13.3. The lowest BCUT2D eigenvalue weighted by atomic mass is 10.1. The highest BCUT2D eigenvalue weighted by Gasteiger charge is 2.16. The molecule has 0 spiro atoms. The van der Waals surface area contributed by atoms with E-state index in [1.807, 2.05) is 39.0 Å². The minimum atomic E-state index is -0.511. The minimum Gasteiger partial charge on any atom is -0.493 e. The van der Waals surface area contributed by atoms with Crippen LogP contribution in [0.1, 0.15) is 84.6 Å². The fourth-order valence-electron chi connectivity index (χ4n) is 2.81. The van der Waals surface area contributed by atoms with Crippen molar-refractivity contribution in [3.8, 4) is 11.5 Å². The van der Waals surface area contributed by atoms with E-state index in [4.69, 9.17) is 14.2 Å². The number of carbonyl (C=O) groups is 1. The van der Waals surface area contributed by atoms with Gasteiger partial charge in [-0.15, -0.1) is 0 Å². The molecule has 0 aliphatic carbocycles. The maximum Gasteiger partial charge on any atom is 0.344 e. The van der Waals surface area contributed by atoms with Crippen molar-refractivity contribution in [2.45, 2.75) is 90.0 Å². The molecule has 0 aliphatic heterocycles. The van der Waals surface area contributed by atoms with Gasteiger partial charge < -0.3 is 14.2 Å². The molecule has 0 bridgehead atoms. The van der Waals surface area contributed by atoms with Gasteiger partial charge in [-0.05, 0) is 44.9 Å². The molecule has 0 aromatic heterocycles. The molecule has 0 saturated carbocycles. The molecule has 0 heterocycles. The average molecular weight is 457 g/mol. The lowest BCUT2D eigenvalue weighted by molar-refractivity contribution is -0.157. The van der Waals surface area contributed by atoms with Gasteiger partial charge >= 0.3 is 5.97 Å².